The number of primary amides is 1. The highest BCUT2D eigenvalue weighted by atomic mass is 35.5. The van der Waals surface area contributed by atoms with E-state index in [0.717, 1.165) is 22.0 Å². The number of Topliss-reactive ketones (excluding diaryl/α,β-unsaturated/α-hetero) is 1. The standard InChI is InChI=1S/C19H17ClN2O2/c1-11-15-8-7-13(19(21)24)9-17(15)22(18(11)12(2)23)10-14-5-3-4-6-16(14)20/h3-9H,10H2,1-2H3,(H2,21,24). The second kappa shape index (κ2) is 6.13. The van der Waals surface area contributed by atoms with Crippen LogP contribution < -0.4 is 5.73 Å². The van der Waals surface area contributed by atoms with Crippen molar-refractivity contribution in [1.29, 1.82) is 0 Å². The molecule has 5 heteroatoms. The summed E-state index contributed by atoms with van der Waals surface area (Å²) in [5.74, 6) is -0.527. The maximum Gasteiger partial charge on any atom is 0.248 e. The van der Waals surface area contributed by atoms with E-state index in [1.54, 1.807) is 19.1 Å². The lowest BCUT2D eigenvalue weighted by Gasteiger charge is -2.11. The van der Waals surface area contributed by atoms with E-state index in [9.17, 15) is 9.59 Å². The van der Waals surface area contributed by atoms with Crippen LogP contribution in [-0.4, -0.2) is 16.3 Å². The number of nitrogens with zero attached hydrogens (tertiary/aromatic N) is 1. The minimum absolute atomic E-state index is 0.0311. The highest BCUT2D eigenvalue weighted by Gasteiger charge is 2.19. The highest BCUT2D eigenvalue weighted by molar-refractivity contribution is 6.31. The van der Waals surface area contributed by atoms with Crippen LogP contribution in [0.2, 0.25) is 5.02 Å². The lowest BCUT2D eigenvalue weighted by Crippen LogP contribution is -2.12. The summed E-state index contributed by atoms with van der Waals surface area (Å²) in [5.41, 5.74) is 9.02. The Labute approximate surface area is 144 Å². The van der Waals surface area contributed by atoms with Crippen LogP contribution >= 0.6 is 11.6 Å². The molecule has 0 aliphatic carbocycles. The molecule has 2 N–H and O–H groups in total. The second-order valence-electron chi connectivity index (χ2n) is 5.80. The first-order valence-corrected chi connectivity index (χ1v) is 7.95. The van der Waals surface area contributed by atoms with Gasteiger partial charge in [-0.25, -0.2) is 0 Å². The number of halogens is 1. The van der Waals surface area contributed by atoms with Gasteiger partial charge in [-0.05, 0) is 36.2 Å². The van der Waals surface area contributed by atoms with Gasteiger partial charge in [-0.15, -0.1) is 0 Å². The molecule has 122 valence electrons. The molecule has 0 bridgehead atoms. The Morgan fingerprint density at radius 2 is 1.88 bits per heavy atom. The molecule has 3 aromatic rings. The van der Waals surface area contributed by atoms with Crippen LogP contribution in [0, 0.1) is 6.92 Å². The first-order valence-electron chi connectivity index (χ1n) is 7.57. The first kappa shape index (κ1) is 16.3. The van der Waals surface area contributed by atoms with Crippen LogP contribution in [0.1, 0.15) is 38.9 Å². The molecule has 2 aromatic carbocycles. The zero-order chi connectivity index (χ0) is 17.4. The van der Waals surface area contributed by atoms with Crippen LogP contribution in [-0.2, 0) is 6.54 Å². The minimum Gasteiger partial charge on any atom is -0.366 e. The van der Waals surface area contributed by atoms with Crippen molar-refractivity contribution in [2.45, 2.75) is 20.4 Å². The normalized spacial score (nSPS) is 11.0. The Hall–Kier alpha value is -2.59. The van der Waals surface area contributed by atoms with E-state index in [2.05, 4.69) is 0 Å². The number of aryl methyl sites for hydroxylation is 1. The van der Waals surface area contributed by atoms with Crippen LogP contribution in [0.4, 0.5) is 0 Å². The first-order chi connectivity index (χ1) is 11.4. The third-order valence-corrected chi connectivity index (χ3v) is 4.59. The number of hydrogen-bond acceptors (Lipinski definition) is 2. The predicted molar refractivity (Wildman–Crippen MR) is 95.8 cm³/mol. The van der Waals surface area contributed by atoms with Gasteiger partial charge in [0, 0.05) is 35.0 Å². The molecule has 4 nitrogen and oxygen atoms in total. The van der Waals surface area contributed by atoms with Crippen LogP contribution in [0.5, 0.6) is 0 Å². The van der Waals surface area contributed by atoms with Crippen LogP contribution in [0.3, 0.4) is 0 Å². The fraction of sp³-hybridized carbons (Fsp3) is 0.158. The van der Waals surface area contributed by atoms with Gasteiger partial charge in [0.2, 0.25) is 5.91 Å². The Balaban J connectivity index is 2.28. The molecule has 0 saturated carbocycles. The molecule has 3 rings (SSSR count). The molecule has 24 heavy (non-hydrogen) atoms. The summed E-state index contributed by atoms with van der Waals surface area (Å²) >= 11 is 6.27. The Morgan fingerprint density at radius 1 is 1.17 bits per heavy atom. The number of rotatable bonds is 4. The van der Waals surface area contributed by atoms with E-state index in [0.29, 0.717) is 22.8 Å². The zero-order valence-corrected chi connectivity index (χ0v) is 14.2. The lowest BCUT2D eigenvalue weighted by atomic mass is 10.1. The van der Waals surface area contributed by atoms with E-state index < -0.39 is 5.91 Å². The number of carbonyl (C=O) groups is 2. The van der Waals surface area contributed by atoms with Gasteiger partial charge < -0.3 is 10.3 Å². The molecule has 1 heterocycles. The number of aromatic nitrogens is 1. The molecule has 0 unspecified atom stereocenters. The molecule has 1 amide bonds. The van der Waals surface area contributed by atoms with Crippen molar-refractivity contribution in [3.8, 4) is 0 Å². The van der Waals surface area contributed by atoms with E-state index in [1.165, 1.54) is 0 Å². The summed E-state index contributed by atoms with van der Waals surface area (Å²) in [6.07, 6.45) is 0. The maximum atomic E-state index is 12.2. The third-order valence-electron chi connectivity index (χ3n) is 4.22. The van der Waals surface area contributed by atoms with Crippen molar-refractivity contribution < 1.29 is 9.59 Å². The summed E-state index contributed by atoms with van der Waals surface area (Å²) in [6.45, 7) is 3.90. The molecular formula is C19H17ClN2O2. The van der Waals surface area contributed by atoms with Crippen LogP contribution in [0.15, 0.2) is 42.5 Å². The second-order valence-corrected chi connectivity index (χ2v) is 6.21. The number of fused-ring (bicyclic) bond motifs is 1. The van der Waals surface area contributed by atoms with E-state index >= 15 is 0 Å². The van der Waals surface area contributed by atoms with Gasteiger partial charge in [0.25, 0.3) is 0 Å². The van der Waals surface area contributed by atoms with Crippen molar-refractivity contribution in [1.82, 2.24) is 4.57 Å². The molecule has 0 saturated heterocycles. The molecule has 0 aliphatic heterocycles. The monoisotopic (exact) mass is 340 g/mol. The number of ketones is 1. The number of carbonyl (C=O) groups excluding carboxylic acids is 2. The topological polar surface area (TPSA) is 65.1 Å². The Kier molecular flexibility index (Phi) is 4.16. The Morgan fingerprint density at radius 3 is 2.50 bits per heavy atom. The molecule has 1 aromatic heterocycles. The number of hydrogen-bond donors (Lipinski definition) is 1. The Bertz CT molecular complexity index is 973. The molecule has 0 aliphatic rings. The smallest absolute Gasteiger partial charge is 0.248 e. The molecule has 0 radical (unpaired) electrons. The third kappa shape index (κ3) is 2.69. The van der Waals surface area contributed by atoms with Gasteiger partial charge in [-0.3, -0.25) is 9.59 Å². The van der Waals surface area contributed by atoms with Crippen molar-refractivity contribution in [2.75, 3.05) is 0 Å². The summed E-state index contributed by atoms with van der Waals surface area (Å²) in [6, 6.07) is 12.8. The number of amides is 1. The number of nitrogens with two attached hydrogens (primary N) is 1. The van der Waals surface area contributed by atoms with E-state index in [1.807, 2.05) is 41.8 Å². The van der Waals surface area contributed by atoms with Crippen molar-refractivity contribution in [3.05, 3.63) is 69.9 Å². The average molecular weight is 341 g/mol. The minimum atomic E-state index is -0.496. The fourth-order valence-electron chi connectivity index (χ4n) is 3.09. The fourth-order valence-corrected chi connectivity index (χ4v) is 3.29. The predicted octanol–water partition coefficient (Wildman–Crippen LogP) is 3.95. The van der Waals surface area contributed by atoms with E-state index in [-0.39, 0.29) is 5.78 Å². The molecule has 0 atom stereocenters. The van der Waals surface area contributed by atoms with Gasteiger partial charge in [0.05, 0.1) is 5.69 Å². The zero-order valence-electron chi connectivity index (χ0n) is 13.5. The van der Waals surface area contributed by atoms with Crippen molar-refractivity contribution in [2.24, 2.45) is 5.73 Å². The highest BCUT2D eigenvalue weighted by Crippen LogP contribution is 2.29. The van der Waals surface area contributed by atoms with Crippen molar-refractivity contribution in [3.63, 3.8) is 0 Å². The van der Waals surface area contributed by atoms with E-state index in [4.69, 9.17) is 17.3 Å². The number of benzene rings is 2. The summed E-state index contributed by atoms with van der Waals surface area (Å²) in [4.78, 5) is 23.7. The van der Waals surface area contributed by atoms with Crippen molar-refractivity contribution >= 4 is 34.2 Å². The summed E-state index contributed by atoms with van der Waals surface area (Å²) < 4.78 is 1.90. The average Bonchev–Trinajstić information content (AvgIpc) is 2.81. The van der Waals surface area contributed by atoms with Gasteiger partial charge in [-0.2, -0.15) is 0 Å². The van der Waals surface area contributed by atoms with Gasteiger partial charge in [0.1, 0.15) is 0 Å². The summed E-state index contributed by atoms with van der Waals surface area (Å²) in [7, 11) is 0. The van der Waals surface area contributed by atoms with Gasteiger partial charge >= 0.3 is 0 Å². The van der Waals surface area contributed by atoms with Gasteiger partial charge in [-0.1, -0.05) is 35.9 Å². The summed E-state index contributed by atoms with van der Waals surface area (Å²) in [5, 5.41) is 1.56. The maximum absolute atomic E-state index is 12.2. The lowest BCUT2D eigenvalue weighted by molar-refractivity contribution is 0.0994. The SMILES string of the molecule is CC(=O)c1c(C)c2ccc(C(N)=O)cc2n1Cc1ccccc1Cl. The molecular weight excluding hydrogens is 324 g/mol. The van der Waals surface area contributed by atoms with Gasteiger partial charge in [0.15, 0.2) is 5.78 Å². The largest absolute Gasteiger partial charge is 0.366 e. The molecule has 0 spiro atoms. The van der Waals surface area contributed by atoms with Crippen LogP contribution in [0.25, 0.3) is 10.9 Å². The quantitative estimate of drug-likeness (QED) is 0.731. The molecule has 0 fully saturated rings.